The van der Waals surface area contributed by atoms with E-state index < -0.39 is 8.07 Å². The highest BCUT2D eigenvalue weighted by molar-refractivity contribution is 6.96. The first kappa shape index (κ1) is 12.9. The second-order valence-electron chi connectivity index (χ2n) is 5.05. The number of allylic oxidation sites excluding steroid dienone is 4. The summed E-state index contributed by atoms with van der Waals surface area (Å²) in [5.74, 6) is 1.02. The van der Waals surface area contributed by atoms with Crippen molar-refractivity contribution < 1.29 is 4.74 Å². The summed E-state index contributed by atoms with van der Waals surface area (Å²) in [5.41, 5.74) is 0. The second-order valence-corrected chi connectivity index (χ2v) is 9.48. The SMILES string of the molecule is C=CCOc1ccccc1[Si](C)(C)C1=CC=CC1. The van der Waals surface area contributed by atoms with Gasteiger partial charge in [0.05, 0.1) is 0 Å². The van der Waals surface area contributed by atoms with Crippen LogP contribution in [0.1, 0.15) is 6.42 Å². The third-order valence-electron chi connectivity index (χ3n) is 3.49. The highest BCUT2D eigenvalue weighted by Gasteiger charge is 2.31. The molecule has 18 heavy (non-hydrogen) atoms. The van der Waals surface area contributed by atoms with E-state index in [1.807, 2.05) is 6.07 Å². The molecule has 1 nitrogen and oxygen atoms in total. The molecule has 0 aromatic heterocycles. The highest BCUT2D eigenvalue weighted by atomic mass is 28.3. The number of hydrogen-bond acceptors (Lipinski definition) is 1. The molecule has 1 aliphatic rings. The lowest BCUT2D eigenvalue weighted by Gasteiger charge is -2.27. The van der Waals surface area contributed by atoms with Gasteiger partial charge in [0, 0.05) is 0 Å². The Morgan fingerprint density at radius 3 is 2.78 bits per heavy atom. The Labute approximate surface area is 111 Å². The molecule has 0 saturated carbocycles. The van der Waals surface area contributed by atoms with E-state index in [1.165, 1.54) is 5.19 Å². The lowest BCUT2D eigenvalue weighted by atomic mass is 10.3. The summed E-state index contributed by atoms with van der Waals surface area (Å²) in [6.07, 6.45) is 9.56. The van der Waals surface area contributed by atoms with Gasteiger partial charge in [-0.15, -0.1) is 0 Å². The summed E-state index contributed by atoms with van der Waals surface area (Å²) in [6.45, 7) is 9.06. The van der Waals surface area contributed by atoms with Crippen LogP contribution in [0, 0.1) is 0 Å². The van der Waals surface area contributed by atoms with E-state index in [-0.39, 0.29) is 0 Å². The van der Waals surface area contributed by atoms with E-state index in [0.29, 0.717) is 6.61 Å². The molecule has 0 atom stereocenters. The fraction of sp³-hybridized carbons (Fsp3) is 0.250. The minimum atomic E-state index is -1.60. The molecule has 2 rings (SSSR count). The normalized spacial score (nSPS) is 14.4. The maximum Gasteiger partial charge on any atom is 0.119 e. The topological polar surface area (TPSA) is 9.23 Å². The zero-order chi connectivity index (χ0) is 13.0. The van der Waals surface area contributed by atoms with Gasteiger partial charge < -0.3 is 4.74 Å². The van der Waals surface area contributed by atoms with Crippen LogP contribution in [0.15, 0.2) is 60.3 Å². The molecule has 0 unspecified atom stereocenters. The number of benzene rings is 1. The van der Waals surface area contributed by atoms with Crippen LogP contribution in [0.2, 0.25) is 13.1 Å². The molecule has 0 N–H and O–H groups in total. The van der Waals surface area contributed by atoms with Gasteiger partial charge in [0.15, 0.2) is 0 Å². The maximum absolute atomic E-state index is 5.80. The van der Waals surface area contributed by atoms with Crippen molar-refractivity contribution in [3.8, 4) is 5.75 Å². The summed E-state index contributed by atoms with van der Waals surface area (Å²) >= 11 is 0. The Morgan fingerprint density at radius 2 is 2.11 bits per heavy atom. The van der Waals surface area contributed by atoms with Crippen molar-refractivity contribution >= 4 is 13.3 Å². The zero-order valence-corrected chi connectivity index (χ0v) is 12.1. The average molecular weight is 256 g/mol. The number of rotatable bonds is 5. The van der Waals surface area contributed by atoms with E-state index in [2.05, 4.69) is 56.1 Å². The Morgan fingerprint density at radius 1 is 1.33 bits per heavy atom. The highest BCUT2D eigenvalue weighted by Crippen LogP contribution is 2.26. The Hall–Kier alpha value is -1.54. The van der Waals surface area contributed by atoms with Crippen molar-refractivity contribution in [2.75, 3.05) is 6.61 Å². The van der Waals surface area contributed by atoms with Gasteiger partial charge in [0.25, 0.3) is 0 Å². The van der Waals surface area contributed by atoms with Crippen LogP contribution in [-0.2, 0) is 0 Å². The third-order valence-corrected chi connectivity index (χ3v) is 7.23. The van der Waals surface area contributed by atoms with Gasteiger partial charge in [-0.25, -0.2) is 0 Å². The van der Waals surface area contributed by atoms with Crippen molar-refractivity contribution in [2.24, 2.45) is 0 Å². The Balaban J connectivity index is 2.34. The molecular formula is C16H20OSi. The van der Waals surface area contributed by atoms with Crippen LogP contribution >= 0.6 is 0 Å². The zero-order valence-electron chi connectivity index (χ0n) is 11.1. The smallest absolute Gasteiger partial charge is 0.119 e. The molecule has 1 aromatic carbocycles. The molecule has 0 saturated heterocycles. The first-order valence-electron chi connectivity index (χ1n) is 6.35. The molecule has 0 amide bonds. The molecule has 0 heterocycles. The summed E-state index contributed by atoms with van der Waals surface area (Å²) < 4.78 is 5.80. The van der Waals surface area contributed by atoms with E-state index in [1.54, 1.807) is 11.3 Å². The average Bonchev–Trinajstić information content (AvgIpc) is 2.91. The van der Waals surface area contributed by atoms with E-state index >= 15 is 0 Å². The van der Waals surface area contributed by atoms with Gasteiger partial charge in [-0.05, 0) is 17.7 Å². The second kappa shape index (κ2) is 5.40. The summed E-state index contributed by atoms with van der Waals surface area (Å²) in [4.78, 5) is 0. The van der Waals surface area contributed by atoms with Crippen molar-refractivity contribution in [3.63, 3.8) is 0 Å². The molecule has 1 aliphatic carbocycles. The van der Waals surface area contributed by atoms with Crippen molar-refractivity contribution in [1.82, 2.24) is 0 Å². The summed E-state index contributed by atoms with van der Waals surface area (Å²) in [6, 6.07) is 8.42. The summed E-state index contributed by atoms with van der Waals surface area (Å²) in [7, 11) is -1.60. The predicted octanol–water partition coefficient (Wildman–Crippen LogP) is 3.59. The van der Waals surface area contributed by atoms with Gasteiger partial charge in [0.2, 0.25) is 0 Å². The molecule has 1 aromatic rings. The molecule has 0 spiro atoms. The standard InChI is InChI=1S/C16H20OSi/c1-4-13-17-15-11-7-8-12-16(15)18(2,3)14-9-5-6-10-14/h4-9,11-12H,1,10,13H2,2-3H3. The molecule has 0 aliphatic heterocycles. The maximum atomic E-state index is 5.80. The van der Waals surface area contributed by atoms with Crippen molar-refractivity contribution in [1.29, 1.82) is 0 Å². The first-order chi connectivity index (χ1) is 8.66. The first-order valence-corrected chi connectivity index (χ1v) is 9.35. The van der Waals surface area contributed by atoms with Crippen LogP contribution in [-0.4, -0.2) is 14.7 Å². The lowest BCUT2D eigenvalue weighted by molar-refractivity contribution is 0.366. The summed E-state index contributed by atoms with van der Waals surface area (Å²) in [5, 5.41) is 2.94. The molecule has 94 valence electrons. The fourth-order valence-corrected chi connectivity index (χ4v) is 5.11. The van der Waals surface area contributed by atoms with Crippen molar-refractivity contribution in [2.45, 2.75) is 19.5 Å². The van der Waals surface area contributed by atoms with Crippen LogP contribution in [0.4, 0.5) is 0 Å². The number of ether oxygens (including phenoxy) is 1. The van der Waals surface area contributed by atoms with Crippen molar-refractivity contribution in [3.05, 3.63) is 60.3 Å². The monoisotopic (exact) mass is 256 g/mol. The fourth-order valence-electron chi connectivity index (χ4n) is 2.34. The van der Waals surface area contributed by atoms with Gasteiger partial charge in [0.1, 0.15) is 20.4 Å². The minimum Gasteiger partial charge on any atom is -0.490 e. The quantitative estimate of drug-likeness (QED) is 0.578. The number of para-hydroxylation sites is 1. The molecular weight excluding hydrogens is 236 g/mol. The van der Waals surface area contributed by atoms with Gasteiger partial charge in [-0.2, -0.15) is 0 Å². The molecule has 0 radical (unpaired) electrons. The predicted molar refractivity (Wildman–Crippen MR) is 81.1 cm³/mol. The van der Waals surface area contributed by atoms with Gasteiger partial charge in [-0.3, -0.25) is 0 Å². The molecule has 0 bridgehead atoms. The lowest BCUT2D eigenvalue weighted by Crippen LogP contribution is -2.44. The largest absolute Gasteiger partial charge is 0.490 e. The Bertz CT molecular complexity index is 498. The van der Waals surface area contributed by atoms with Crippen LogP contribution < -0.4 is 9.92 Å². The number of hydrogen-bond donors (Lipinski definition) is 0. The van der Waals surface area contributed by atoms with E-state index in [9.17, 15) is 0 Å². The van der Waals surface area contributed by atoms with E-state index in [4.69, 9.17) is 4.74 Å². The van der Waals surface area contributed by atoms with Gasteiger partial charge >= 0.3 is 0 Å². The Kier molecular flexibility index (Phi) is 3.87. The van der Waals surface area contributed by atoms with Crippen LogP contribution in [0.25, 0.3) is 0 Å². The van der Waals surface area contributed by atoms with Gasteiger partial charge in [-0.1, -0.05) is 67.4 Å². The molecule has 0 fully saturated rings. The van der Waals surface area contributed by atoms with Crippen LogP contribution in [0.3, 0.4) is 0 Å². The van der Waals surface area contributed by atoms with E-state index in [0.717, 1.165) is 12.2 Å². The van der Waals surface area contributed by atoms with Crippen LogP contribution in [0.5, 0.6) is 5.75 Å². The minimum absolute atomic E-state index is 0.568. The molecule has 2 heteroatoms. The third kappa shape index (κ3) is 2.49.